The fourth-order valence-electron chi connectivity index (χ4n) is 4.24. The van der Waals surface area contributed by atoms with E-state index in [-0.39, 0.29) is 16.8 Å². The highest BCUT2D eigenvalue weighted by Gasteiger charge is 2.30. The Hall–Kier alpha value is -3.37. The minimum Gasteiger partial charge on any atom is -0.497 e. The van der Waals surface area contributed by atoms with Crippen molar-refractivity contribution < 1.29 is 22.7 Å². The lowest BCUT2D eigenvalue weighted by molar-refractivity contribution is -0.116. The molecule has 0 spiro atoms. The summed E-state index contributed by atoms with van der Waals surface area (Å²) in [5.74, 6) is 0.922. The van der Waals surface area contributed by atoms with Crippen molar-refractivity contribution in [3.63, 3.8) is 0 Å². The number of hydrogen-bond donors (Lipinski definition) is 1. The molecule has 0 bridgehead atoms. The second kappa shape index (κ2) is 10.1. The Morgan fingerprint density at radius 1 is 1.06 bits per heavy atom. The lowest BCUT2D eigenvalue weighted by Gasteiger charge is -2.30. The van der Waals surface area contributed by atoms with Crippen LogP contribution in [0.2, 0.25) is 0 Å². The first-order valence-corrected chi connectivity index (χ1v) is 12.8. The smallest absolute Gasteiger partial charge is 0.258 e. The number of aromatic nitrogens is 1. The summed E-state index contributed by atoms with van der Waals surface area (Å²) in [6.07, 6.45) is 2.84. The molecule has 4 rings (SSSR count). The van der Waals surface area contributed by atoms with Gasteiger partial charge in [0.05, 0.1) is 19.9 Å². The van der Waals surface area contributed by atoms with E-state index in [0.717, 1.165) is 17.4 Å². The quantitative estimate of drug-likeness (QED) is 0.536. The van der Waals surface area contributed by atoms with Gasteiger partial charge >= 0.3 is 0 Å². The molecule has 3 aromatic rings. The van der Waals surface area contributed by atoms with E-state index in [1.54, 1.807) is 42.5 Å². The van der Waals surface area contributed by atoms with E-state index in [2.05, 4.69) is 12.2 Å². The second-order valence-corrected chi connectivity index (χ2v) is 10.6. The van der Waals surface area contributed by atoms with Crippen LogP contribution >= 0.6 is 0 Å². The molecule has 10 heteroatoms. The van der Waals surface area contributed by atoms with E-state index in [0.29, 0.717) is 41.6 Å². The highest BCUT2D eigenvalue weighted by molar-refractivity contribution is 7.89. The summed E-state index contributed by atoms with van der Waals surface area (Å²) in [4.78, 5) is 26.1. The number of nitrogens with zero attached hydrogens (tertiary/aromatic N) is 2. The van der Waals surface area contributed by atoms with Gasteiger partial charge in [-0.1, -0.05) is 25.1 Å². The summed E-state index contributed by atoms with van der Waals surface area (Å²) in [5.41, 5.74) is -0.0360. The van der Waals surface area contributed by atoms with Crippen LogP contribution in [0, 0.1) is 5.92 Å². The van der Waals surface area contributed by atoms with Gasteiger partial charge in [0.1, 0.15) is 22.9 Å². The molecule has 0 unspecified atom stereocenters. The largest absolute Gasteiger partial charge is 0.497 e. The zero-order chi connectivity index (χ0) is 25.2. The summed E-state index contributed by atoms with van der Waals surface area (Å²) in [6.45, 7) is 2.60. The molecule has 2 heterocycles. The summed E-state index contributed by atoms with van der Waals surface area (Å²) < 4.78 is 40.2. The highest BCUT2D eigenvalue weighted by Crippen LogP contribution is 2.30. The van der Waals surface area contributed by atoms with Gasteiger partial charge in [-0.15, -0.1) is 0 Å². The zero-order valence-corrected chi connectivity index (χ0v) is 20.8. The maximum atomic E-state index is 13.6. The number of nitrogens with one attached hydrogen (secondary N) is 1. The summed E-state index contributed by atoms with van der Waals surface area (Å²) in [7, 11) is -0.864. The molecule has 1 fully saturated rings. The van der Waals surface area contributed by atoms with Crippen molar-refractivity contribution in [3.8, 4) is 11.5 Å². The van der Waals surface area contributed by atoms with Crippen LogP contribution in [0.25, 0.3) is 10.8 Å². The molecule has 35 heavy (non-hydrogen) atoms. The number of carbonyl (C=O) groups is 1. The number of rotatable bonds is 7. The van der Waals surface area contributed by atoms with Crippen molar-refractivity contribution in [1.29, 1.82) is 0 Å². The lowest BCUT2D eigenvalue weighted by Crippen LogP contribution is -2.38. The molecule has 1 N–H and O–H groups in total. The third-order valence-electron chi connectivity index (χ3n) is 6.31. The average Bonchev–Trinajstić information content (AvgIpc) is 2.86. The fraction of sp³-hybridized carbons (Fsp3) is 0.360. The van der Waals surface area contributed by atoms with Crippen LogP contribution in [0.4, 0.5) is 5.69 Å². The van der Waals surface area contributed by atoms with Crippen molar-refractivity contribution in [2.45, 2.75) is 31.2 Å². The highest BCUT2D eigenvalue weighted by atomic mass is 32.2. The van der Waals surface area contributed by atoms with Crippen LogP contribution in [0.15, 0.2) is 58.4 Å². The minimum absolute atomic E-state index is 0.0251. The molecular formula is C25H29N3O6S. The maximum Gasteiger partial charge on any atom is 0.258 e. The molecule has 0 saturated carbocycles. The number of ether oxygens (including phenoxy) is 2. The second-order valence-electron chi connectivity index (χ2n) is 8.67. The molecule has 1 amide bonds. The van der Waals surface area contributed by atoms with Crippen molar-refractivity contribution in [2.24, 2.45) is 5.92 Å². The molecular weight excluding hydrogens is 470 g/mol. The summed E-state index contributed by atoms with van der Waals surface area (Å²) in [5, 5.41) is 3.32. The number of piperidine rings is 1. The number of sulfonamides is 1. The Bertz CT molecular complexity index is 1410. The number of benzene rings is 2. The van der Waals surface area contributed by atoms with E-state index in [1.807, 2.05) is 0 Å². The predicted octanol–water partition coefficient (Wildman–Crippen LogP) is 3.08. The number of amides is 1. The van der Waals surface area contributed by atoms with Crippen LogP contribution in [0.3, 0.4) is 0 Å². The van der Waals surface area contributed by atoms with Crippen LogP contribution in [-0.4, -0.2) is 50.5 Å². The standard InChI is InChI=1S/C25H29N3O6S/c1-17-10-12-28(13-11-17)35(31,32)23-15-27(25(30)20-7-5-4-6-19(20)23)16-24(29)26-21-9-8-18(33-2)14-22(21)34-3/h4-9,14-15,17H,10-13,16H2,1-3H3,(H,26,29). The van der Waals surface area contributed by atoms with Crippen molar-refractivity contribution in [3.05, 3.63) is 59.0 Å². The van der Waals surface area contributed by atoms with Gasteiger partial charge in [0, 0.05) is 36.1 Å². The fourth-order valence-corrected chi connectivity index (χ4v) is 5.93. The molecule has 1 aliphatic heterocycles. The molecule has 0 aliphatic carbocycles. The molecule has 2 aromatic carbocycles. The van der Waals surface area contributed by atoms with Crippen LogP contribution in [0.1, 0.15) is 19.8 Å². The minimum atomic E-state index is -3.86. The predicted molar refractivity (Wildman–Crippen MR) is 134 cm³/mol. The van der Waals surface area contributed by atoms with Crippen LogP contribution in [0.5, 0.6) is 11.5 Å². The Morgan fingerprint density at radius 2 is 1.74 bits per heavy atom. The molecule has 0 atom stereocenters. The first kappa shape index (κ1) is 24.7. The molecule has 9 nitrogen and oxygen atoms in total. The van der Waals surface area contributed by atoms with Gasteiger partial charge in [0.2, 0.25) is 15.9 Å². The zero-order valence-electron chi connectivity index (χ0n) is 20.0. The first-order chi connectivity index (χ1) is 16.7. The summed E-state index contributed by atoms with van der Waals surface area (Å²) >= 11 is 0. The Morgan fingerprint density at radius 3 is 2.40 bits per heavy atom. The van der Waals surface area contributed by atoms with Crippen molar-refractivity contribution in [2.75, 3.05) is 32.6 Å². The van der Waals surface area contributed by atoms with Gasteiger partial charge in [0.25, 0.3) is 5.56 Å². The topological polar surface area (TPSA) is 107 Å². The molecule has 0 radical (unpaired) electrons. The molecule has 1 aliphatic rings. The number of fused-ring (bicyclic) bond motifs is 1. The lowest BCUT2D eigenvalue weighted by atomic mass is 10.0. The average molecular weight is 500 g/mol. The van der Waals surface area contributed by atoms with Gasteiger partial charge in [-0.2, -0.15) is 4.31 Å². The van der Waals surface area contributed by atoms with E-state index < -0.39 is 21.5 Å². The number of anilines is 1. The Balaban J connectivity index is 1.69. The Kier molecular flexibility index (Phi) is 7.13. The first-order valence-electron chi connectivity index (χ1n) is 11.4. The SMILES string of the molecule is COc1ccc(NC(=O)Cn2cc(S(=O)(=O)N3CCC(C)CC3)c3ccccc3c2=O)c(OC)c1. The molecule has 1 aromatic heterocycles. The third kappa shape index (κ3) is 5.03. The van der Waals surface area contributed by atoms with Gasteiger partial charge in [-0.3, -0.25) is 9.59 Å². The van der Waals surface area contributed by atoms with Crippen LogP contribution in [-0.2, 0) is 21.4 Å². The van der Waals surface area contributed by atoms with Crippen molar-refractivity contribution in [1.82, 2.24) is 8.87 Å². The van der Waals surface area contributed by atoms with Crippen LogP contribution < -0.4 is 20.3 Å². The number of methoxy groups -OCH3 is 2. The van der Waals surface area contributed by atoms with E-state index in [4.69, 9.17) is 9.47 Å². The van der Waals surface area contributed by atoms with Crippen molar-refractivity contribution >= 4 is 32.4 Å². The Labute approximate surface area is 204 Å². The number of pyridine rings is 1. The van der Waals surface area contributed by atoms with E-state index in [9.17, 15) is 18.0 Å². The molecule has 1 saturated heterocycles. The van der Waals surface area contributed by atoms with Gasteiger partial charge in [-0.25, -0.2) is 8.42 Å². The number of hydrogen-bond acceptors (Lipinski definition) is 6. The van der Waals surface area contributed by atoms with E-state index in [1.165, 1.54) is 24.7 Å². The maximum absolute atomic E-state index is 13.6. The third-order valence-corrected chi connectivity index (χ3v) is 8.24. The van der Waals surface area contributed by atoms with Gasteiger partial charge in [0.15, 0.2) is 0 Å². The van der Waals surface area contributed by atoms with Gasteiger partial charge < -0.3 is 19.4 Å². The summed E-state index contributed by atoms with van der Waals surface area (Å²) in [6, 6.07) is 11.5. The van der Waals surface area contributed by atoms with E-state index >= 15 is 0 Å². The normalized spacial score (nSPS) is 15.2. The van der Waals surface area contributed by atoms with Gasteiger partial charge in [-0.05, 0) is 37.0 Å². The number of carbonyl (C=O) groups excluding carboxylic acids is 1. The molecule has 186 valence electrons. The monoisotopic (exact) mass is 499 g/mol.